The topological polar surface area (TPSA) is 45.3 Å². The van der Waals surface area contributed by atoms with Crippen LogP contribution in [0, 0.1) is 6.92 Å². The first-order valence-corrected chi connectivity index (χ1v) is 6.42. The summed E-state index contributed by atoms with van der Waals surface area (Å²) in [6, 6.07) is 0. The molecule has 1 N–H and O–H groups in total. The van der Waals surface area contributed by atoms with Crippen molar-refractivity contribution in [3.8, 4) is 0 Å². The zero-order valence-electron chi connectivity index (χ0n) is 9.95. The fraction of sp³-hybridized carbons (Fsp3) is 0.727. The summed E-state index contributed by atoms with van der Waals surface area (Å²) in [6.45, 7) is 8.88. The molecule has 2 atom stereocenters. The molecule has 2 unspecified atom stereocenters. The fourth-order valence-corrected chi connectivity index (χ4v) is 3.08. The predicted octanol–water partition coefficient (Wildman–Crippen LogP) is 1.35. The van der Waals surface area contributed by atoms with Gasteiger partial charge in [0.1, 0.15) is 0 Å². The van der Waals surface area contributed by atoms with Gasteiger partial charge in [-0.3, -0.25) is 9.69 Å². The molecule has 2 rings (SSSR count). The smallest absolute Gasteiger partial charge is 0.304 e. The molecular formula is C11H18N2O2S. The molecule has 1 saturated heterocycles. The number of ether oxygens (including phenoxy) is 1. The number of hydrogen-bond acceptors (Lipinski definition) is 4. The third kappa shape index (κ3) is 2.72. The quantitative estimate of drug-likeness (QED) is 0.851. The molecule has 0 spiro atoms. The van der Waals surface area contributed by atoms with Crippen LogP contribution in [-0.2, 0) is 11.3 Å². The van der Waals surface area contributed by atoms with Crippen molar-refractivity contribution in [2.75, 3.05) is 13.1 Å². The summed E-state index contributed by atoms with van der Waals surface area (Å²) in [7, 11) is 0. The molecule has 1 aliphatic heterocycles. The van der Waals surface area contributed by atoms with E-state index in [4.69, 9.17) is 4.74 Å². The molecular weight excluding hydrogens is 224 g/mol. The van der Waals surface area contributed by atoms with Gasteiger partial charge in [-0.15, -0.1) is 0 Å². The summed E-state index contributed by atoms with van der Waals surface area (Å²) in [5.41, 5.74) is 1.00. The van der Waals surface area contributed by atoms with Crippen molar-refractivity contribution in [3.63, 3.8) is 0 Å². The maximum Gasteiger partial charge on any atom is 0.304 e. The molecule has 1 aliphatic rings. The summed E-state index contributed by atoms with van der Waals surface area (Å²) in [5, 5.41) is 0. The van der Waals surface area contributed by atoms with Gasteiger partial charge in [-0.2, -0.15) is 0 Å². The highest BCUT2D eigenvalue weighted by Crippen LogP contribution is 2.16. The zero-order chi connectivity index (χ0) is 11.7. The monoisotopic (exact) mass is 242 g/mol. The van der Waals surface area contributed by atoms with Crippen molar-refractivity contribution < 1.29 is 4.74 Å². The number of aromatic amines is 1. The second kappa shape index (κ2) is 4.69. The van der Waals surface area contributed by atoms with Gasteiger partial charge in [0.05, 0.1) is 12.2 Å². The number of hydrogen-bond donors (Lipinski definition) is 1. The van der Waals surface area contributed by atoms with Crippen LogP contribution >= 0.6 is 11.3 Å². The number of thiazole rings is 1. The van der Waals surface area contributed by atoms with Gasteiger partial charge in [0.2, 0.25) is 0 Å². The SMILES string of the molecule is Cc1[nH]c(=O)sc1CN1CC(C)OC(C)C1. The standard InChI is InChI=1S/C11H18N2O2S/c1-7-4-13(5-8(2)15-7)6-10-9(3)12-11(14)16-10/h7-8H,4-6H2,1-3H3,(H,12,14). The van der Waals surface area contributed by atoms with Crippen LogP contribution in [0.4, 0.5) is 0 Å². The number of rotatable bonds is 2. The molecule has 1 aromatic rings. The van der Waals surface area contributed by atoms with E-state index in [1.807, 2.05) is 6.92 Å². The summed E-state index contributed by atoms with van der Waals surface area (Å²) >= 11 is 1.32. The second-order valence-corrected chi connectivity index (χ2v) is 5.58. The fourth-order valence-electron chi connectivity index (χ4n) is 2.20. The van der Waals surface area contributed by atoms with Crippen LogP contribution < -0.4 is 4.87 Å². The highest BCUT2D eigenvalue weighted by molar-refractivity contribution is 7.09. The van der Waals surface area contributed by atoms with Gasteiger partial charge in [-0.1, -0.05) is 11.3 Å². The van der Waals surface area contributed by atoms with Crippen LogP contribution in [-0.4, -0.2) is 35.2 Å². The van der Waals surface area contributed by atoms with Gasteiger partial charge in [0.25, 0.3) is 0 Å². The number of H-pyrrole nitrogens is 1. The Morgan fingerprint density at radius 3 is 2.56 bits per heavy atom. The number of aromatic nitrogens is 1. The van der Waals surface area contributed by atoms with Crippen LogP contribution in [0.2, 0.25) is 0 Å². The summed E-state index contributed by atoms with van der Waals surface area (Å²) < 4.78 is 5.68. The summed E-state index contributed by atoms with van der Waals surface area (Å²) in [6.07, 6.45) is 0.555. The lowest BCUT2D eigenvalue weighted by molar-refractivity contribution is -0.0702. The van der Waals surface area contributed by atoms with E-state index in [-0.39, 0.29) is 17.1 Å². The molecule has 90 valence electrons. The molecule has 0 aromatic carbocycles. The Labute approximate surface area is 99.2 Å². The van der Waals surface area contributed by atoms with Crippen molar-refractivity contribution in [1.29, 1.82) is 0 Å². The second-order valence-electron chi connectivity index (χ2n) is 4.51. The molecule has 2 heterocycles. The molecule has 5 heteroatoms. The lowest BCUT2D eigenvalue weighted by atomic mass is 10.2. The van der Waals surface area contributed by atoms with Crippen molar-refractivity contribution in [1.82, 2.24) is 9.88 Å². The van der Waals surface area contributed by atoms with Gasteiger partial charge in [0, 0.05) is 30.2 Å². The number of nitrogens with one attached hydrogen (secondary N) is 1. The maximum atomic E-state index is 11.2. The molecule has 0 amide bonds. The van der Waals surface area contributed by atoms with Gasteiger partial charge < -0.3 is 9.72 Å². The molecule has 1 aromatic heterocycles. The Hall–Kier alpha value is -0.650. The number of nitrogens with zero attached hydrogens (tertiary/aromatic N) is 1. The van der Waals surface area contributed by atoms with E-state index in [0.717, 1.165) is 30.2 Å². The summed E-state index contributed by atoms with van der Waals surface area (Å²) in [5.74, 6) is 0. The minimum atomic E-state index is 0.0434. The van der Waals surface area contributed by atoms with Crippen LogP contribution in [0.5, 0.6) is 0 Å². The van der Waals surface area contributed by atoms with E-state index in [1.54, 1.807) is 0 Å². The first-order chi connectivity index (χ1) is 7.54. The van der Waals surface area contributed by atoms with E-state index in [0.29, 0.717) is 0 Å². The van der Waals surface area contributed by atoms with Gasteiger partial charge >= 0.3 is 4.87 Å². The molecule has 0 aliphatic carbocycles. The van der Waals surface area contributed by atoms with Gasteiger partial charge in [-0.05, 0) is 20.8 Å². The van der Waals surface area contributed by atoms with Crippen LogP contribution in [0.3, 0.4) is 0 Å². The molecule has 0 saturated carbocycles. The highest BCUT2D eigenvalue weighted by Gasteiger charge is 2.22. The number of aryl methyl sites for hydroxylation is 1. The van der Waals surface area contributed by atoms with E-state index >= 15 is 0 Å². The van der Waals surface area contributed by atoms with Crippen LogP contribution in [0.15, 0.2) is 4.79 Å². The van der Waals surface area contributed by atoms with E-state index in [2.05, 4.69) is 23.7 Å². The first-order valence-electron chi connectivity index (χ1n) is 5.61. The highest BCUT2D eigenvalue weighted by atomic mass is 32.1. The van der Waals surface area contributed by atoms with Crippen molar-refractivity contribution in [2.45, 2.75) is 39.5 Å². The lowest BCUT2D eigenvalue weighted by Crippen LogP contribution is -2.44. The Morgan fingerprint density at radius 1 is 1.44 bits per heavy atom. The average Bonchev–Trinajstić information content (AvgIpc) is 2.43. The largest absolute Gasteiger partial charge is 0.373 e. The van der Waals surface area contributed by atoms with Crippen molar-refractivity contribution in [2.24, 2.45) is 0 Å². The normalized spacial score (nSPS) is 27.2. The maximum absolute atomic E-state index is 11.2. The lowest BCUT2D eigenvalue weighted by Gasteiger charge is -2.35. The Balaban J connectivity index is 2.04. The zero-order valence-corrected chi connectivity index (χ0v) is 10.8. The minimum absolute atomic E-state index is 0.0434. The summed E-state index contributed by atoms with van der Waals surface area (Å²) in [4.78, 5) is 17.6. The van der Waals surface area contributed by atoms with E-state index < -0.39 is 0 Å². The Kier molecular flexibility index (Phi) is 3.47. The van der Waals surface area contributed by atoms with Crippen LogP contribution in [0.25, 0.3) is 0 Å². The first kappa shape index (κ1) is 11.8. The van der Waals surface area contributed by atoms with Crippen molar-refractivity contribution >= 4 is 11.3 Å². The molecule has 1 fully saturated rings. The van der Waals surface area contributed by atoms with Gasteiger partial charge in [0.15, 0.2) is 0 Å². The predicted molar refractivity (Wildman–Crippen MR) is 65.0 cm³/mol. The minimum Gasteiger partial charge on any atom is -0.373 e. The van der Waals surface area contributed by atoms with E-state index in [1.165, 1.54) is 11.3 Å². The van der Waals surface area contributed by atoms with Gasteiger partial charge in [-0.25, -0.2) is 0 Å². The van der Waals surface area contributed by atoms with E-state index in [9.17, 15) is 4.79 Å². The molecule has 0 bridgehead atoms. The molecule has 16 heavy (non-hydrogen) atoms. The number of morpholine rings is 1. The average molecular weight is 242 g/mol. The molecule has 0 radical (unpaired) electrons. The Morgan fingerprint density at radius 2 is 2.06 bits per heavy atom. The third-order valence-corrected chi connectivity index (χ3v) is 3.76. The van der Waals surface area contributed by atoms with Crippen LogP contribution in [0.1, 0.15) is 24.4 Å². The third-order valence-electron chi connectivity index (χ3n) is 2.79. The molecule has 4 nitrogen and oxygen atoms in total. The Bertz CT molecular complexity index is 402. The van der Waals surface area contributed by atoms with Crippen molar-refractivity contribution in [3.05, 3.63) is 20.2 Å².